The number of anilines is 1. The van der Waals surface area contributed by atoms with E-state index in [1.165, 1.54) is 18.7 Å². The number of fused-ring (bicyclic) bond motifs is 1. The minimum Gasteiger partial charge on any atom is -0.493 e. The molecule has 0 radical (unpaired) electrons. The van der Waals surface area contributed by atoms with Gasteiger partial charge in [-0.05, 0) is 80.3 Å². The number of alkyl halides is 2. The lowest BCUT2D eigenvalue weighted by molar-refractivity contribution is -0.143. The molecule has 2 atom stereocenters. The largest absolute Gasteiger partial charge is 0.493 e. The first kappa shape index (κ1) is 31.1. The molecule has 3 heterocycles. The van der Waals surface area contributed by atoms with Crippen LogP contribution in [-0.4, -0.2) is 78.2 Å². The van der Waals surface area contributed by atoms with Gasteiger partial charge in [0.15, 0.2) is 11.6 Å². The number of likely N-dealkylation sites (tertiary alicyclic amines) is 1. The summed E-state index contributed by atoms with van der Waals surface area (Å²) in [6.45, 7) is 5.66. The fourth-order valence-electron chi connectivity index (χ4n) is 6.08. The number of aromatic nitrogens is 1. The number of halogens is 3. The number of ether oxygens (including phenoxy) is 1. The SMILES string of the molecule is COc1c(F)cc(C(C)C)cc1[C@@H](C(=O)O)N1CC[C@@H](N(CCCCCc2ccc3c(n2)NCCC3)CC(F)F)C1. The van der Waals surface area contributed by atoms with E-state index < -0.39 is 24.3 Å². The van der Waals surface area contributed by atoms with Crippen LogP contribution in [0.3, 0.4) is 0 Å². The first-order valence-corrected chi connectivity index (χ1v) is 14.8. The van der Waals surface area contributed by atoms with Gasteiger partial charge in [-0.15, -0.1) is 0 Å². The molecule has 0 bridgehead atoms. The van der Waals surface area contributed by atoms with Crippen LogP contribution in [0, 0.1) is 5.82 Å². The van der Waals surface area contributed by atoms with Crippen LogP contribution >= 0.6 is 0 Å². The van der Waals surface area contributed by atoms with E-state index in [-0.39, 0.29) is 29.8 Å². The molecule has 0 amide bonds. The molecule has 2 N–H and O–H groups in total. The van der Waals surface area contributed by atoms with Crippen molar-refractivity contribution in [1.29, 1.82) is 0 Å². The minimum atomic E-state index is -2.48. The van der Waals surface area contributed by atoms with Crippen LogP contribution in [-0.2, 0) is 17.6 Å². The molecule has 1 fully saturated rings. The van der Waals surface area contributed by atoms with Gasteiger partial charge >= 0.3 is 5.97 Å². The maximum atomic E-state index is 14.9. The van der Waals surface area contributed by atoms with Gasteiger partial charge in [-0.2, -0.15) is 0 Å². The summed E-state index contributed by atoms with van der Waals surface area (Å²) < 4.78 is 47.3. The number of nitrogens with zero attached hydrogens (tertiary/aromatic N) is 3. The first-order valence-electron chi connectivity index (χ1n) is 14.8. The smallest absolute Gasteiger partial charge is 0.325 e. The summed E-state index contributed by atoms with van der Waals surface area (Å²) in [5.41, 5.74) is 3.24. The fraction of sp³-hybridized carbons (Fsp3) is 0.613. The highest BCUT2D eigenvalue weighted by molar-refractivity contribution is 5.77. The molecule has 41 heavy (non-hydrogen) atoms. The average Bonchev–Trinajstić information content (AvgIpc) is 3.41. The van der Waals surface area contributed by atoms with E-state index >= 15 is 0 Å². The van der Waals surface area contributed by atoms with Crippen molar-refractivity contribution in [3.05, 3.63) is 52.5 Å². The number of carboxylic acid groups (broad SMARTS) is 1. The number of rotatable bonds is 14. The van der Waals surface area contributed by atoms with E-state index in [4.69, 9.17) is 9.72 Å². The predicted molar refractivity (Wildman–Crippen MR) is 154 cm³/mol. The Bertz CT molecular complexity index is 1180. The Balaban J connectivity index is 1.37. The minimum absolute atomic E-state index is 0.00356. The second kappa shape index (κ2) is 14.4. The number of aliphatic carboxylic acids is 1. The number of hydrogen-bond donors (Lipinski definition) is 2. The van der Waals surface area contributed by atoms with E-state index in [0.717, 1.165) is 56.6 Å². The topological polar surface area (TPSA) is 77.9 Å². The molecule has 0 unspecified atom stereocenters. The Morgan fingerprint density at radius 2 is 2.05 bits per heavy atom. The number of pyridine rings is 1. The number of hydrogen-bond acceptors (Lipinski definition) is 6. The Hall–Kier alpha value is -2.85. The number of unbranched alkanes of at least 4 members (excludes halogenated alkanes) is 2. The second-order valence-corrected chi connectivity index (χ2v) is 11.5. The first-order chi connectivity index (χ1) is 19.7. The lowest BCUT2D eigenvalue weighted by Crippen LogP contribution is -2.42. The third-order valence-electron chi connectivity index (χ3n) is 8.27. The molecule has 0 spiro atoms. The molecule has 0 aliphatic carbocycles. The molecular weight excluding hydrogens is 533 g/mol. The van der Waals surface area contributed by atoms with Crippen LogP contribution < -0.4 is 10.1 Å². The zero-order chi connectivity index (χ0) is 29.5. The molecule has 10 heteroatoms. The van der Waals surface area contributed by atoms with Gasteiger partial charge in [0, 0.05) is 36.9 Å². The normalized spacial score (nSPS) is 18.1. The standard InChI is InChI=1S/C31H43F3N4O3/c1-20(2)22-16-25(29(41-3)26(32)17-22)28(31(39)40)38-15-12-24(18-38)37(19-27(33)34)14-6-4-5-9-23-11-10-21-8-7-13-35-30(21)36-23/h10-11,16-17,20,24,27-28H,4-9,12-15,18-19H2,1-3H3,(H,35,36)(H,39,40)/t24-,28+/m1/s1. The van der Waals surface area contributed by atoms with Crippen molar-refractivity contribution < 1.29 is 27.8 Å². The lowest BCUT2D eigenvalue weighted by Gasteiger charge is -2.31. The van der Waals surface area contributed by atoms with Gasteiger partial charge in [-0.1, -0.05) is 26.3 Å². The zero-order valence-corrected chi connectivity index (χ0v) is 24.3. The molecule has 2 aromatic rings. The molecule has 1 saturated heterocycles. The van der Waals surface area contributed by atoms with Crippen molar-refractivity contribution in [3.8, 4) is 5.75 Å². The molecule has 2 aliphatic rings. The average molecular weight is 577 g/mol. The summed E-state index contributed by atoms with van der Waals surface area (Å²) in [5.74, 6) is -0.818. The van der Waals surface area contributed by atoms with Crippen LogP contribution in [0.5, 0.6) is 5.75 Å². The van der Waals surface area contributed by atoms with Crippen LogP contribution in [0.4, 0.5) is 19.0 Å². The van der Waals surface area contributed by atoms with Gasteiger partial charge in [0.05, 0.1) is 13.7 Å². The molecule has 1 aromatic heterocycles. The van der Waals surface area contributed by atoms with Crippen LogP contribution in [0.15, 0.2) is 24.3 Å². The molecule has 4 rings (SSSR count). The summed E-state index contributed by atoms with van der Waals surface area (Å²) in [4.78, 5) is 20.8. The van der Waals surface area contributed by atoms with Crippen LogP contribution in [0.25, 0.3) is 0 Å². The van der Waals surface area contributed by atoms with Crippen molar-refractivity contribution in [2.75, 3.05) is 45.2 Å². The van der Waals surface area contributed by atoms with Gasteiger partial charge in [-0.3, -0.25) is 14.6 Å². The Kier molecular flexibility index (Phi) is 10.9. The summed E-state index contributed by atoms with van der Waals surface area (Å²) in [5, 5.41) is 13.6. The Morgan fingerprint density at radius 1 is 1.24 bits per heavy atom. The van der Waals surface area contributed by atoms with E-state index in [1.807, 2.05) is 13.8 Å². The van der Waals surface area contributed by atoms with E-state index in [1.54, 1.807) is 15.9 Å². The maximum Gasteiger partial charge on any atom is 0.325 e. The molecule has 1 aromatic carbocycles. The highest BCUT2D eigenvalue weighted by Crippen LogP contribution is 2.37. The van der Waals surface area contributed by atoms with Gasteiger partial charge in [-0.25, -0.2) is 18.2 Å². The lowest BCUT2D eigenvalue weighted by atomic mass is 9.95. The van der Waals surface area contributed by atoms with E-state index in [2.05, 4.69) is 17.4 Å². The van der Waals surface area contributed by atoms with Crippen molar-refractivity contribution >= 4 is 11.8 Å². The number of carbonyl (C=O) groups is 1. The summed E-state index contributed by atoms with van der Waals surface area (Å²) in [6.07, 6.45) is 3.68. The highest BCUT2D eigenvalue weighted by Gasteiger charge is 2.38. The molecule has 7 nitrogen and oxygen atoms in total. The molecule has 2 aliphatic heterocycles. The second-order valence-electron chi connectivity index (χ2n) is 11.5. The van der Waals surface area contributed by atoms with Crippen molar-refractivity contribution in [2.24, 2.45) is 0 Å². The third kappa shape index (κ3) is 7.92. The van der Waals surface area contributed by atoms with Crippen molar-refractivity contribution in [2.45, 2.75) is 83.2 Å². The van der Waals surface area contributed by atoms with Gasteiger partial charge in [0.1, 0.15) is 11.9 Å². The predicted octanol–water partition coefficient (Wildman–Crippen LogP) is 5.89. The summed E-state index contributed by atoms with van der Waals surface area (Å²) in [6, 6.07) is 5.97. The summed E-state index contributed by atoms with van der Waals surface area (Å²) in [7, 11) is 1.32. The van der Waals surface area contributed by atoms with Crippen molar-refractivity contribution in [1.82, 2.24) is 14.8 Å². The maximum absolute atomic E-state index is 14.9. The van der Waals surface area contributed by atoms with E-state index in [9.17, 15) is 23.1 Å². The number of carboxylic acids is 1. The fourth-order valence-corrected chi connectivity index (χ4v) is 6.08. The number of benzene rings is 1. The zero-order valence-electron chi connectivity index (χ0n) is 24.3. The number of aryl methyl sites for hydroxylation is 2. The van der Waals surface area contributed by atoms with Crippen LogP contribution in [0.1, 0.15) is 80.3 Å². The van der Waals surface area contributed by atoms with E-state index in [0.29, 0.717) is 31.6 Å². The van der Waals surface area contributed by atoms with Gasteiger partial charge in [0.2, 0.25) is 0 Å². The van der Waals surface area contributed by atoms with Gasteiger partial charge in [0.25, 0.3) is 6.43 Å². The molecule has 0 saturated carbocycles. The number of methoxy groups -OCH3 is 1. The Morgan fingerprint density at radius 3 is 2.76 bits per heavy atom. The summed E-state index contributed by atoms with van der Waals surface area (Å²) >= 11 is 0. The molecule has 226 valence electrons. The number of nitrogens with one attached hydrogen (secondary N) is 1. The highest BCUT2D eigenvalue weighted by atomic mass is 19.3. The third-order valence-corrected chi connectivity index (χ3v) is 8.27. The quantitative estimate of drug-likeness (QED) is 0.272. The van der Waals surface area contributed by atoms with Crippen LogP contribution in [0.2, 0.25) is 0 Å². The van der Waals surface area contributed by atoms with Gasteiger partial charge < -0.3 is 15.2 Å². The Labute approximate surface area is 241 Å². The monoisotopic (exact) mass is 576 g/mol. The molecular formula is C31H43F3N4O3. The van der Waals surface area contributed by atoms with Crippen molar-refractivity contribution in [3.63, 3.8) is 0 Å².